The minimum atomic E-state index is -1.40. The van der Waals surface area contributed by atoms with E-state index >= 15 is 0 Å². The molecule has 0 nitrogen and oxygen atoms in total. The summed E-state index contributed by atoms with van der Waals surface area (Å²) in [6, 6.07) is 5.31. The van der Waals surface area contributed by atoms with Gasteiger partial charge in [-0.1, -0.05) is 170 Å². The van der Waals surface area contributed by atoms with Crippen LogP contribution in [0.5, 0.6) is 0 Å². The van der Waals surface area contributed by atoms with Gasteiger partial charge in [0.25, 0.3) is 0 Å². The molecule has 0 spiro atoms. The highest BCUT2D eigenvalue weighted by Gasteiger charge is 2.30. The van der Waals surface area contributed by atoms with Crippen molar-refractivity contribution in [2.45, 2.75) is 183 Å². The highest BCUT2D eigenvalue weighted by atomic mass is 32.1. The van der Waals surface area contributed by atoms with Gasteiger partial charge in [-0.25, -0.2) is 0 Å². The van der Waals surface area contributed by atoms with E-state index in [1.165, 1.54) is 116 Å². The topological polar surface area (TPSA) is 0 Å². The second kappa shape index (κ2) is 18.2. The zero-order chi connectivity index (χ0) is 36.1. The zero-order valence-corrected chi connectivity index (χ0v) is 38.9. The quantitative estimate of drug-likeness (QED) is 0.0484. The summed E-state index contributed by atoms with van der Waals surface area (Å²) >= 11 is 8.78. The number of thiophene rings is 4. The molecular weight excluding hydrogens is 713 g/mol. The fraction of sp³-hybridized carbons (Fsp3) is 0.682. The lowest BCUT2D eigenvalue weighted by Crippen LogP contribution is -2.34. The van der Waals surface area contributed by atoms with E-state index in [0.717, 1.165) is 11.8 Å². The van der Waals surface area contributed by atoms with Gasteiger partial charge in [-0.05, 0) is 56.9 Å². The van der Waals surface area contributed by atoms with Crippen LogP contribution in [0.1, 0.15) is 142 Å². The van der Waals surface area contributed by atoms with Crippen molar-refractivity contribution in [1.82, 2.24) is 0 Å². The van der Waals surface area contributed by atoms with Crippen LogP contribution in [0, 0.1) is 11.8 Å². The van der Waals surface area contributed by atoms with Crippen LogP contribution in [0.4, 0.5) is 0 Å². The second-order valence-corrected chi connectivity index (χ2v) is 32.8. The number of hydrogen-bond acceptors (Lipinski definition) is 4. The second-order valence-electron chi connectivity index (χ2n) is 17.8. The Morgan fingerprint density at radius 1 is 0.440 bits per heavy atom. The molecule has 2 unspecified atom stereocenters. The Kier molecular flexibility index (Phi) is 14.8. The van der Waals surface area contributed by atoms with Gasteiger partial charge >= 0.3 is 0 Å². The third-order valence-corrected chi connectivity index (χ3v) is 23.3. The molecule has 0 bridgehead atoms. The molecule has 0 N–H and O–H groups in total. The highest BCUT2D eigenvalue weighted by Crippen LogP contribution is 2.51. The van der Waals surface area contributed by atoms with E-state index in [2.05, 4.69) is 124 Å². The molecule has 4 heterocycles. The molecular formula is C44H70S4Si2. The molecule has 5 aromatic rings. The van der Waals surface area contributed by atoms with E-state index < -0.39 is 16.1 Å². The first-order valence-electron chi connectivity index (χ1n) is 20.8. The van der Waals surface area contributed by atoms with Crippen molar-refractivity contribution in [3.8, 4) is 0 Å². The smallest absolute Gasteiger partial charge is 0.0904 e. The predicted octanol–water partition coefficient (Wildman–Crippen LogP) is 16.3. The minimum absolute atomic E-state index is 0.795. The molecule has 6 heteroatoms. The van der Waals surface area contributed by atoms with Gasteiger partial charge in [-0.2, -0.15) is 0 Å². The molecule has 0 aliphatic heterocycles. The lowest BCUT2D eigenvalue weighted by molar-refractivity contribution is 0.411. The van der Waals surface area contributed by atoms with Gasteiger partial charge in [-0.3, -0.25) is 0 Å². The molecule has 0 aliphatic rings. The standard InChI is InChI=1S/C44H70S4Si2/c1-11-15-19-21-25-31(23-17-13-3)27-33-39-42(46-35-29-37(47-43(35)39)49(5,6)7)34(28-32(24-18-14-4)26-22-20-16-12-2)40-41(33)45-36-30-38(48-44(36)40)50(8,9)10/h29-32H,11-28H2,1-10H3. The third kappa shape index (κ3) is 9.59. The van der Waals surface area contributed by atoms with E-state index in [0.29, 0.717) is 0 Å². The lowest BCUT2D eigenvalue weighted by Gasteiger charge is -2.22. The maximum absolute atomic E-state index is 2.65. The Morgan fingerprint density at radius 3 is 1.14 bits per heavy atom. The first-order valence-corrected chi connectivity index (χ1v) is 31.0. The largest absolute Gasteiger partial charge is 0.143 e. The summed E-state index contributed by atoms with van der Waals surface area (Å²) in [4.78, 5) is 0. The first-order chi connectivity index (χ1) is 23.9. The van der Waals surface area contributed by atoms with Gasteiger partial charge in [0.1, 0.15) is 0 Å². The Hall–Kier alpha value is -0.506. The maximum atomic E-state index is 2.65. The van der Waals surface area contributed by atoms with E-state index in [1.54, 1.807) is 59.1 Å². The van der Waals surface area contributed by atoms with Gasteiger partial charge in [0.2, 0.25) is 0 Å². The number of rotatable bonds is 22. The Morgan fingerprint density at radius 2 is 0.800 bits per heavy atom. The van der Waals surface area contributed by atoms with Gasteiger partial charge in [0.05, 0.1) is 25.5 Å². The Bertz CT molecular complexity index is 1670. The van der Waals surface area contributed by atoms with Crippen LogP contribution in [0.25, 0.3) is 39.0 Å². The summed E-state index contributed by atoms with van der Waals surface area (Å²) in [5.74, 6) is 1.59. The average molecular weight is 783 g/mol. The molecule has 0 saturated carbocycles. The summed E-state index contributed by atoms with van der Waals surface area (Å²) in [7, 11) is -2.79. The van der Waals surface area contributed by atoms with Gasteiger partial charge in [0.15, 0.2) is 0 Å². The van der Waals surface area contributed by atoms with E-state index in [1.807, 2.05) is 0 Å². The molecule has 0 amide bonds. The monoisotopic (exact) mass is 782 g/mol. The van der Waals surface area contributed by atoms with Crippen molar-refractivity contribution in [2.24, 2.45) is 11.8 Å². The van der Waals surface area contributed by atoms with Crippen molar-refractivity contribution in [1.29, 1.82) is 0 Å². The molecule has 0 saturated heterocycles. The van der Waals surface area contributed by atoms with Gasteiger partial charge in [0, 0.05) is 29.6 Å². The van der Waals surface area contributed by atoms with Crippen molar-refractivity contribution in [3.63, 3.8) is 0 Å². The maximum Gasteiger partial charge on any atom is 0.0904 e. The summed E-state index contributed by atoms with van der Waals surface area (Å²) in [6.45, 7) is 24.8. The number of unbranched alkanes of at least 4 members (excludes halogenated alkanes) is 8. The number of fused-ring (bicyclic) bond motifs is 6. The fourth-order valence-corrected chi connectivity index (χ4v) is 17.5. The molecule has 278 valence electrons. The zero-order valence-electron chi connectivity index (χ0n) is 33.7. The summed E-state index contributed by atoms with van der Waals surface area (Å²) in [6.07, 6.45) is 24.6. The van der Waals surface area contributed by atoms with Crippen molar-refractivity contribution in [2.75, 3.05) is 0 Å². The molecule has 5 rings (SSSR count). The molecule has 50 heavy (non-hydrogen) atoms. The van der Waals surface area contributed by atoms with Crippen molar-refractivity contribution in [3.05, 3.63) is 23.3 Å². The summed E-state index contributed by atoms with van der Waals surface area (Å²) in [5, 5.41) is 3.41. The van der Waals surface area contributed by atoms with Crippen LogP contribution in [-0.4, -0.2) is 16.1 Å². The average Bonchev–Trinajstić information content (AvgIpc) is 3.82. The van der Waals surface area contributed by atoms with Crippen LogP contribution in [0.15, 0.2) is 12.1 Å². The molecule has 0 fully saturated rings. The third-order valence-electron chi connectivity index (χ3n) is 11.2. The summed E-state index contributed by atoms with van der Waals surface area (Å²) < 4.78 is 13.2. The SMILES string of the molecule is CCCCCCC(CCCC)Cc1c2sc3cc([Si](C)(C)C)sc3c2c(CC(CCCC)CCCCCC)c2sc3cc([Si](C)(C)C)sc3c12. The number of hydrogen-bond donors (Lipinski definition) is 0. The van der Waals surface area contributed by atoms with Crippen molar-refractivity contribution >= 4 is 109 Å². The minimum Gasteiger partial charge on any atom is -0.143 e. The molecule has 4 aromatic heterocycles. The van der Waals surface area contributed by atoms with Gasteiger partial charge in [-0.15, -0.1) is 45.3 Å². The fourth-order valence-electron chi connectivity index (χ4n) is 8.09. The summed E-state index contributed by atoms with van der Waals surface area (Å²) in [5.41, 5.74) is 3.50. The molecule has 1 aromatic carbocycles. The molecule has 2 atom stereocenters. The highest BCUT2D eigenvalue weighted by molar-refractivity contribution is 7.40. The van der Waals surface area contributed by atoms with E-state index in [4.69, 9.17) is 0 Å². The van der Waals surface area contributed by atoms with Crippen LogP contribution >= 0.6 is 45.3 Å². The lowest BCUT2D eigenvalue weighted by atomic mass is 9.84. The van der Waals surface area contributed by atoms with Crippen LogP contribution in [-0.2, 0) is 12.8 Å². The Labute approximate surface area is 324 Å². The van der Waals surface area contributed by atoms with Gasteiger partial charge < -0.3 is 0 Å². The van der Waals surface area contributed by atoms with E-state index in [-0.39, 0.29) is 0 Å². The molecule has 0 radical (unpaired) electrons. The van der Waals surface area contributed by atoms with Crippen molar-refractivity contribution < 1.29 is 0 Å². The first kappa shape index (κ1) is 40.7. The van der Waals surface area contributed by atoms with E-state index in [9.17, 15) is 0 Å². The van der Waals surface area contributed by atoms with Crippen LogP contribution in [0.3, 0.4) is 0 Å². The Balaban J connectivity index is 1.77. The van der Waals surface area contributed by atoms with Crippen LogP contribution < -0.4 is 9.00 Å². The van der Waals surface area contributed by atoms with Crippen LogP contribution in [0.2, 0.25) is 39.3 Å². The predicted molar refractivity (Wildman–Crippen MR) is 245 cm³/mol. The normalized spacial score (nSPS) is 14.3. The number of benzene rings is 1. The molecule has 0 aliphatic carbocycles.